The largest absolute Gasteiger partial charge is 0.352 e. The van der Waals surface area contributed by atoms with Crippen molar-refractivity contribution < 1.29 is 22.4 Å². The molecule has 0 spiro atoms. The molecule has 9 heteroatoms. The van der Waals surface area contributed by atoms with Gasteiger partial charge in [-0.2, -0.15) is 0 Å². The highest BCUT2D eigenvalue weighted by Crippen LogP contribution is 2.28. The molecule has 7 nitrogen and oxygen atoms in total. The summed E-state index contributed by atoms with van der Waals surface area (Å²) in [5.74, 6) is -1.30. The summed E-state index contributed by atoms with van der Waals surface area (Å²) in [5, 5.41) is 2.86. The second kappa shape index (κ2) is 13.4. The van der Waals surface area contributed by atoms with Crippen molar-refractivity contribution in [2.75, 3.05) is 10.8 Å². The molecule has 0 saturated carbocycles. The van der Waals surface area contributed by atoms with Crippen molar-refractivity contribution in [3.8, 4) is 0 Å². The molecule has 3 aromatic rings. The Morgan fingerprint density at radius 3 is 2.10 bits per heavy atom. The number of rotatable bonds is 12. The molecule has 0 aliphatic rings. The van der Waals surface area contributed by atoms with Gasteiger partial charge in [-0.15, -0.1) is 0 Å². The molecule has 39 heavy (non-hydrogen) atoms. The number of amides is 2. The van der Waals surface area contributed by atoms with Gasteiger partial charge in [0.05, 0.1) is 10.6 Å². The third-order valence-corrected chi connectivity index (χ3v) is 8.11. The molecule has 0 fully saturated rings. The van der Waals surface area contributed by atoms with E-state index in [1.165, 1.54) is 29.2 Å². The molecule has 0 radical (unpaired) electrons. The van der Waals surface area contributed by atoms with E-state index in [2.05, 4.69) is 5.32 Å². The normalized spacial score (nSPS) is 12.2. The van der Waals surface area contributed by atoms with E-state index < -0.39 is 34.3 Å². The first-order valence-electron chi connectivity index (χ1n) is 13.1. The van der Waals surface area contributed by atoms with Crippen LogP contribution in [0.5, 0.6) is 0 Å². The zero-order chi connectivity index (χ0) is 28.6. The first-order valence-corrected chi connectivity index (χ1v) is 14.5. The lowest BCUT2D eigenvalue weighted by Crippen LogP contribution is -2.53. The fourth-order valence-electron chi connectivity index (χ4n) is 4.37. The molecule has 0 aliphatic heterocycles. The van der Waals surface area contributed by atoms with Gasteiger partial charge in [0.1, 0.15) is 18.4 Å². The van der Waals surface area contributed by atoms with Gasteiger partial charge in [-0.05, 0) is 68.1 Å². The van der Waals surface area contributed by atoms with E-state index in [1.54, 1.807) is 49.4 Å². The highest BCUT2D eigenvalue weighted by atomic mass is 32.2. The fraction of sp³-hybridized carbons (Fsp3) is 0.333. The zero-order valence-electron chi connectivity index (χ0n) is 22.8. The maximum absolute atomic E-state index is 14.0. The number of anilines is 1. The predicted molar refractivity (Wildman–Crippen MR) is 151 cm³/mol. The molecule has 0 heterocycles. The second-order valence-electron chi connectivity index (χ2n) is 9.54. The first kappa shape index (κ1) is 29.8. The number of hydrogen-bond acceptors (Lipinski definition) is 4. The van der Waals surface area contributed by atoms with Gasteiger partial charge in [-0.25, -0.2) is 12.8 Å². The molecular formula is C30H36FN3O4S. The van der Waals surface area contributed by atoms with Crippen molar-refractivity contribution in [3.63, 3.8) is 0 Å². The highest BCUT2D eigenvalue weighted by molar-refractivity contribution is 7.92. The fourth-order valence-corrected chi connectivity index (χ4v) is 5.85. The summed E-state index contributed by atoms with van der Waals surface area (Å²) >= 11 is 0. The minimum Gasteiger partial charge on any atom is -0.352 e. The van der Waals surface area contributed by atoms with Crippen LogP contribution in [0.3, 0.4) is 0 Å². The molecule has 3 aromatic carbocycles. The summed E-state index contributed by atoms with van der Waals surface area (Å²) in [6, 6.07) is 19.7. The van der Waals surface area contributed by atoms with Gasteiger partial charge >= 0.3 is 0 Å². The van der Waals surface area contributed by atoms with E-state index >= 15 is 0 Å². The number of halogens is 1. The number of hydrogen-bond donors (Lipinski definition) is 1. The molecule has 0 bridgehead atoms. The average Bonchev–Trinajstić information content (AvgIpc) is 2.92. The summed E-state index contributed by atoms with van der Waals surface area (Å²) in [6.45, 7) is 6.86. The van der Waals surface area contributed by atoms with Gasteiger partial charge < -0.3 is 10.2 Å². The minimum absolute atomic E-state index is 0.0117. The maximum atomic E-state index is 14.0. The topological polar surface area (TPSA) is 86.8 Å². The molecule has 1 N–H and O–H groups in total. The summed E-state index contributed by atoms with van der Waals surface area (Å²) in [4.78, 5) is 28.6. The standard InChI is InChI=1S/C30H36FN3O4S/c1-5-24-12-10-11-15-28(24)34(39(37,38)26-13-8-7-9-14-26)21-29(35)33(20-23-16-18-25(31)19-17-23)27(6-2)30(36)32-22(3)4/h7-19,22,27H,5-6,20-21H2,1-4H3,(H,32,36). The lowest BCUT2D eigenvalue weighted by atomic mass is 10.1. The Morgan fingerprint density at radius 2 is 1.51 bits per heavy atom. The monoisotopic (exact) mass is 553 g/mol. The summed E-state index contributed by atoms with van der Waals surface area (Å²) in [7, 11) is -4.13. The van der Waals surface area contributed by atoms with Crippen LogP contribution in [-0.4, -0.2) is 43.8 Å². The zero-order valence-corrected chi connectivity index (χ0v) is 23.6. The minimum atomic E-state index is -4.13. The van der Waals surface area contributed by atoms with Crippen molar-refractivity contribution in [3.05, 3.63) is 95.8 Å². The van der Waals surface area contributed by atoms with Crippen molar-refractivity contribution in [1.82, 2.24) is 10.2 Å². The summed E-state index contributed by atoms with van der Waals surface area (Å²) < 4.78 is 42.5. The van der Waals surface area contributed by atoms with Gasteiger partial charge in [0.15, 0.2) is 0 Å². The third-order valence-electron chi connectivity index (χ3n) is 6.33. The average molecular weight is 554 g/mol. The lowest BCUT2D eigenvalue weighted by molar-refractivity contribution is -0.140. The molecule has 0 aliphatic carbocycles. The van der Waals surface area contributed by atoms with Crippen LogP contribution in [0.15, 0.2) is 83.8 Å². The van der Waals surface area contributed by atoms with E-state index in [9.17, 15) is 22.4 Å². The molecule has 0 saturated heterocycles. The number of benzene rings is 3. The molecule has 1 atom stereocenters. The predicted octanol–water partition coefficient (Wildman–Crippen LogP) is 4.92. The second-order valence-corrected chi connectivity index (χ2v) is 11.4. The van der Waals surface area contributed by atoms with E-state index in [-0.39, 0.29) is 23.4 Å². The molecule has 3 rings (SSSR count). The smallest absolute Gasteiger partial charge is 0.264 e. The maximum Gasteiger partial charge on any atom is 0.264 e. The van der Waals surface area contributed by atoms with Crippen LogP contribution < -0.4 is 9.62 Å². The van der Waals surface area contributed by atoms with Crippen molar-refractivity contribution >= 4 is 27.5 Å². The summed E-state index contributed by atoms with van der Waals surface area (Å²) in [5.41, 5.74) is 1.78. The summed E-state index contributed by atoms with van der Waals surface area (Å²) in [6.07, 6.45) is 0.862. The Morgan fingerprint density at radius 1 is 0.897 bits per heavy atom. The Balaban J connectivity index is 2.08. The third kappa shape index (κ3) is 7.44. The molecule has 0 aromatic heterocycles. The molecule has 1 unspecified atom stereocenters. The number of sulfonamides is 1. The van der Waals surface area contributed by atoms with Crippen LogP contribution in [0.2, 0.25) is 0 Å². The Labute approximate surface area is 230 Å². The molecular weight excluding hydrogens is 517 g/mol. The number of nitrogens with one attached hydrogen (secondary N) is 1. The number of nitrogens with zero attached hydrogens (tertiary/aromatic N) is 2. The van der Waals surface area contributed by atoms with Crippen LogP contribution in [-0.2, 0) is 32.6 Å². The Hall–Kier alpha value is -3.72. The van der Waals surface area contributed by atoms with Gasteiger partial charge in [0.25, 0.3) is 10.0 Å². The van der Waals surface area contributed by atoms with Crippen LogP contribution >= 0.6 is 0 Å². The first-order chi connectivity index (χ1) is 18.6. The number of carbonyl (C=O) groups excluding carboxylic acids is 2. The van der Waals surface area contributed by atoms with Crippen molar-refractivity contribution in [1.29, 1.82) is 0 Å². The van der Waals surface area contributed by atoms with Gasteiger partial charge in [-0.1, -0.05) is 62.4 Å². The number of para-hydroxylation sites is 1. The van der Waals surface area contributed by atoms with Crippen molar-refractivity contribution in [2.45, 2.75) is 64.1 Å². The van der Waals surface area contributed by atoms with E-state index in [4.69, 9.17) is 0 Å². The molecule has 208 valence electrons. The lowest BCUT2D eigenvalue weighted by Gasteiger charge is -2.34. The number of aryl methyl sites for hydroxylation is 1. The highest BCUT2D eigenvalue weighted by Gasteiger charge is 2.34. The Bertz CT molecular complexity index is 1360. The van der Waals surface area contributed by atoms with Crippen molar-refractivity contribution in [2.24, 2.45) is 0 Å². The van der Waals surface area contributed by atoms with E-state index in [0.717, 1.165) is 9.87 Å². The van der Waals surface area contributed by atoms with Crippen LogP contribution in [0.25, 0.3) is 0 Å². The van der Waals surface area contributed by atoms with E-state index in [1.807, 2.05) is 32.9 Å². The number of carbonyl (C=O) groups is 2. The van der Waals surface area contributed by atoms with Gasteiger partial charge in [-0.3, -0.25) is 13.9 Å². The Kier molecular flexibility index (Phi) is 10.2. The SMILES string of the molecule is CCc1ccccc1N(CC(=O)N(Cc1ccc(F)cc1)C(CC)C(=O)NC(C)C)S(=O)(=O)c1ccccc1. The van der Waals surface area contributed by atoms with E-state index in [0.29, 0.717) is 24.1 Å². The van der Waals surface area contributed by atoms with Gasteiger partial charge in [0.2, 0.25) is 11.8 Å². The van der Waals surface area contributed by atoms with Gasteiger partial charge in [0, 0.05) is 12.6 Å². The van der Waals surface area contributed by atoms with Crippen LogP contribution in [0, 0.1) is 5.82 Å². The van der Waals surface area contributed by atoms with Crippen LogP contribution in [0.4, 0.5) is 10.1 Å². The molecule has 2 amide bonds. The van der Waals surface area contributed by atoms with Crippen LogP contribution in [0.1, 0.15) is 45.2 Å². The quantitative estimate of drug-likeness (QED) is 0.345.